The van der Waals surface area contributed by atoms with E-state index in [4.69, 9.17) is 9.47 Å². The van der Waals surface area contributed by atoms with Crippen LogP contribution in [-0.4, -0.2) is 49.1 Å². The number of nitrogens with one attached hydrogen (secondary N) is 1. The summed E-state index contributed by atoms with van der Waals surface area (Å²) < 4.78 is 40.0. The van der Waals surface area contributed by atoms with Gasteiger partial charge in [0, 0.05) is 0 Å². The second-order valence-corrected chi connectivity index (χ2v) is 17.8. The minimum absolute atomic E-state index is 0.0295. The van der Waals surface area contributed by atoms with Crippen molar-refractivity contribution in [3.05, 3.63) is 23.8 Å². The molecule has 1 aromatic carbocycles. The molecule has 1 heterocycles. The lowest BCUT2D eigenvalue weighted by Crippen LogP contribution is -2.58. The predicted molar refractivity (Wildman–Crippen MR) is 168 cm³/mol. The molecule has 1 amide bonds. The molecular formula is C35H53NO7S. The van der Waals surface area contributed by atoms with Crippen LogP contribution in [0.1, 0.15) is 104 Å². The van der Waals surface area contributed by atoms with Crippen LogP contribution < -0.4 is 9.46 Å². The number of benzene rings is 1. The van der Waals surface area contributed by atoms with Gasteiger partial charge in [0.15, 0.2) is 0 Å². The van der Waals surface area contributed by atoms with Crippen molar-refractivity contribution in [2.24, 2.45) is 46.3 Å². The lowest BCUT2D eigenvalue weighted by atomic mass is 9.43. The van der Waals surface area contributed by atoms with Crippen molar-refractivity contribution < 1.29 is 32.9 Å². The van der Waals surface area contributed by atoms with Gasteiger partial charge in [-0.1, -0.05) is 20.8 Å². The summed E-state index contributed by atoms with van der Waals surface area (Å²) in [6.45, 7) is 11.1. The van der Waals surface area contributed by atoms with E-state index in [0.29, 0.717) is 35.8 Å². The van der Waals surface area contributed by atoms with Gasteiger partial charge >= 0.3 is 6.09 Å². The van der Waals surface area contributed by atoms with Gasteiger partial charge in [0.2, 0.25) is 0 Å². The van der Waals surface area contributed by atoms with Crippen LogP contribution in [0.3, 0.4) is 0 Å². The smallest absolute Gasteiger partial charge is 0.421 e. The molecule has 9 heteroatoms. The van der Waals surface area contributed by atoms with Gasteiger partial charge < -0.3 is 19.7 Å². The molecule has 0 radical (unpaired) electrons. The molecule has 3 N–H and O–H groups in total. The number of aliphatic hydroxyl groups is 2. The molecule has 4 fully saturated rings. The molecule has 1 aromatic rings. The lowest BCUT2D eigenvalue weighted by molar-refractivity contribution is -0.174. The molecule has 4 aliphatic carbocycles. The first-order valence-electron chi connectivity index (χ1n) is 17.0. The van der Waals surface area contributed by atoms with Crippen molar-refractivity contribution in [2.45, 2.75) is 128 Å². The Morgan fingerprint density at radius 1 is 1.02 bits per heavy atom. The van der Waals surface area contributed by atoms with E-state index in [1.807, 2.05) is 13.8 Å². The Balaban J connectivity index is 1.08. The maximum Gasteiger partial charge on any atom is 0.421 e. The molecule has 0 unspecified atom stereocenters. The molecule has 44 heavy (non-hydrogen) atoms. The summed E-state index contributed by atoms with van der Waals surface area (Å²) in [4.78, 5) is 12.8. The van der Waals surface area contributed by atoms with Crippen LogP contribution >= 0.6 is 0 Å². The summed E-state index contributed by atoms with van der Waals surface area (Å²) in [6.07, 6.45) is 8.72. The number of fused-ring (bicyclic) bond motifs is 6. The number of sulfonamides is 1. The number of aliphatic hydroxyl groups excluding tert-OH is 2. The molecule has 8 nitrogen and oxygen atoms in total. The second-order valence-electron chi connectivity index (χ2n) is 16.1. The number of carbonyl (C=O) groups is 1. The zero-order valence-electron chi connectivity index (χ0n) is 27.2. The molecule has 0 spiro atoms. The highest BCUT2D eigenvalue weighted by molar-refractivity contribution is 7.90. The summed E-state index contributed by atoms with van der Waals surface area (Å²) in [5.74, 6) is 2.65. The molecule has 4 saturated carbocycles. The summed E-state index contributed by atoms with van der Waals surface area (Å²) in [5.41, 5.74) is 0.746. The zero-order chi connectivity index (χ0) is 31.7. The number of hydrogen-bond donors (Lipinski definition) is 3. The first-order valence-corrected chi connectivity index (χ1v) is 18.5. The van der Waals surface area contributed by atoms with Crippen molar-refractivity contribution in [3.63, 3.8) is 0 Å². The summed E-state index contributed by atoms with van der Waals surface area (Å²) >= 11 is 0. The Morgan fingerprint density at radius 2 is 1.75 bits per heavy atom. The monoisotopic (exact) mass is 631 g/mol. The van der Waals surface area contributed by atoms with E-state index >= 15 is 0 Å². The fraction of sp³-hybridized carbons (Fsp3) is 0.800. The van der Waals surface area contributed by atoms with Gasteiger partial charge in [0.05, 0.1) is 23.7 Å². The number of ether oxygens (including phenoxy) is 2. The van der Waals surface area contributed by atoms with Gasteiger partial charge in [-0.05, 0) is 155 Å². The minimum atomic E-state index is -4.09. The minimum Gasteiger partial charge on any atom is -0.488 e. The summed E-state index contributed by atoms with van der Waals surface area (Å²) in [5, 5.41) is 21.8. The van der Waals surface area contributed by atoms with Crippen molar-refractivity contribution in [1.29, 1.82) is 0 Å². The van der Waals surface area contributed by atoms with Crippen LogP contribution in [0.5, 0.6) is 5.75 Å². The molecule has 0 bridgehead atoms. The highest BCUT2D eigenvalue weighted by Gasteiger charge is 2.63. The standard InChI is InChI=1S/C35H53NO7S/c1-21(20-42-32(39)36-44(40,41)25-8-11-30-22(17-25)7-6-14-33(2,3)43-30)26-9-10-27-31-28(13-16-35(26,27)5)34(4)15-12-24(37)18-23(34)19-29(31)38/h8,11,17,21,23-24,26-29,31,37-38H,6-7,9-10,12-16,18-20H2,1-5H3,(H,36,39)/t21-,23+,24-,26-,27+,28+,29-,31+,34+,35-/m1/s1. The molecule has 246 valence electrons. The van der Waals surface area contributed by atoms with E-state index in [9.17, 15) is 23.4 Å². The third kappa shape index (κ3) is 5.68. The first kappa shape index (κ1) is 32.1. The first-order chi connectivity index (χ1) is 20.6. The Kier molecular flexibility index (Phi) is 8.35. The normalized spacial score (nSPS) is 40.2. The van der Waals surface area contributed by atoms with Gasteiger partial charge in [-0.3, -0.25) is 0 Å². The number of aryl methyl sites for hydroxylation is 1. The number of carbonyl (C=O) groups excluding carboxylic acids is 1. The molecule has 10 atom stereocenters. The van der Waals surface area contributed by atoms with E-state index in [0.717, 1.165) is 69.8 Å². The lowest BCUT2D eigenvalue weighted by Gasteiger charge is -2.62. The molecule has 5 aliphatic rings. The SMILES string of the molecule is C[C@H](COC(=O)NS(=O)(=O)c1ccc2c(c1)CCCC(C)(C)O2)[C@H]1CC[C@H]2[C@@H]3[C@H](O)C[C@@H]4C[C@H](O)CC[C@]4(C)[C@H]3CC[C@]12C. The van der Waals surface area contributed by atoms with E-state index < -0.39 is 16.1 Å². The number of hydrogen-bond acceptors (Lipinski definition) is 7. The second kappa shape index (κ2) is 11.4. The molecule has 1 aliphatic heterocycles. The fourth-order valence-corrected chi connectivity index (χ4v) is 11.7. The van der Waals surface area contributed by atoms with E-state index in [2.05, 4.69) is 25.5 Å². The Hall–Kier alpha value is -1.84. The Bertz CT molecular complexity index is 1360. The van der Waals surface area contributed by atoms with Gasteiger partial charge in [0.25, 0.3) is 10.0 Å². The average molecular weight is 632 g/mol. The summed E-state index contributed by atoms with van der Waals surface area (Å²) in [7, 11) is -4.09. The summed E-state index contributed by atoms with van der Waals surface area (Å²) in [6, 6.07) is 4.76. The predicted octanol–water partition coefficient (Wildman–Crippen LogP) is 6.22. The molecule has 0 saturated heterocycles. The van der Waals surface area contributed by atoms with E-state index in [1.165, 1.54) is 6.07 Å². The molecule has 6 rings (SSSR count). The topological polar surface area (TPSA) is 122 Å². The van der Waals surface area contributed by atoms with Gasteiger partial charge in [-0.25, -0.2) is 17.9 Å². The van der Waals surface area contributed by atoms with Gasteiger partial charge in [-0.2, -0.15) is 0 Å². The third-order valence-corrected chi connectivity index (χ3v) is 14.4. The highest BCUT2D eigenvalue weighted by Crippen LogP contribution is 2.68. The van der Waals surface area contributed by atoms with Crippen LogP contribution in [-0.2, 0) is 21.2 Å². The van der Waals surface area contributed by atoms with Crippen LogP contribution in [0.25, 0.3) is 0 Å². The Labute approximate surface area is 263 Å². The van der Waals surface area contributed by atoms with Crippen LogP contribution in [0.2, 0.25) is 0 Å². The van der Waals surface area contributed by atoms with Crippen LogP contribution in [0, 0.1) is 46.3 Å². The largest absolute Gasteiger partial charge is 0.488 e. The van der Waals surface area contributed by atoms with E-state index in [-0.39, 0.29) is 52.0 Å². The van der Waals surface area contributed by atoms with Gasteiger partial charge in [0.1, 0.15) is 11.4 Å². The van der Waals surface area contributed by atoms with E-state index in [1.54, 1.807) is 12.1 Å². The average Bonchev–Trinajstić information content (AvgIpc) is 3.21. The molecule has 0 aromatic heterocycles. The van der Waals surface area contributed by atoms with Crippen LogP contribution in [0.15, 0.2) is 23.1 Å². The zero-order valence-corrected chi connectivity index (χ0v) is 28.0. The Morgan fingerprint density at radius 3 is 2.52 bits per heavy atom. The number of amides is 1. The molecular weight excluding hydrogens is 578 g/mol. The third-order valence-electron chi connectivity index (χ3n) is 13.1. The highest BCUT2D eigenvalue weighted by atomic mass is 32.2. The van der Waals surface area contributed by atoms with Crippen molar-refractivity contribution in [2.75, 3.05) is 6.61 Å². The maximum atomic E-state index is 13.1. The van der Waals surface area contributed by atoms with Crippen LogP contribution in [0.4, 0.5) is 4.79 Å². The number of rotatable bonds is 5. The van der Waals surface area contributed by atoms with Gasteiger partial charge in [-0.15, -0.1) is 0 Å². The quantitative estimate of drug-likeness (QED) is 0.353. The van der Waals surface area contributed by atoms with Crippen molar-refractivity contribution in [1.82, 2.24) is 4.72 Å². The fourth-order valence-electron chi connectivity index (χ4n) is 10.8. The van der Waals surface area contributed by atoms with Crippen molar-refractivity contribution >= 4 is 16.1 Å². The maximum absolute atomic E-state index is 13.1. The van der Waals surface area contributed by atoms with Crippen molar-refractivity contribution in [3.8, 4) is 5.75 Å².